The third kappa shape index (κ3) is 3.91. The zero-order valence-electron chi connectivity index (χ0n) is 17.5. The second kappa shape index (κ2) is 8.46. The highest BCUT2D eigenvalue weighted by molar-refractivity contribution is 6.00. The molecule has 1 aliphatic carbocycles. The second-order valence-electron chi connectivity index (χ2n) is 8.52. The van der Waals surface area contributed by atoms with E-state index in [1.165, 1.54) is 25.3 Å². The van der Waals surface area contributed by atoms with Gasteiger partial charge in [-0.2, -0.15) is 0 Å². The van der Waals surface area contributed by atoms with Gasteiger partial charge in [-0.05, 0) is 49.3 Å². The van der Waals surface area contributed by atoms with Crippen LogP contribution in [0.2, 0.25) is 0 Å². The predicted molar refractivity (Wildman–Crippen MR) is 116 cm³/mol. The molecule has 2 aliphatic rings. The first-order valence-corrected chi connectivity index (χ1v) is 10.8. The summed E-state index contributed by atoms with van der Waals surface area (Å²) in [6.07, 6.45) is 6.57. The lowest BCUT2D eigenvalue weighted by Gasteiger charge is -2.31. The van der Waals surface area contributed by atoms with Crippen molar-refractivity contribution in [1.82, 2.24) is 4.90 Å². The lowest BCUT2D eigenvalue weighted by atomic mass is 9.90. The number of phenols is 2. The highest BCUT2D eigenvalue weighted by Gasteiger charge is 2.30. The molecule has 4 rings (SSSR count). The minimum atomic E-state index is -0.303. The lowest BCUT2D eigenvalue weighted by molar-refractivity contribution is 0.0725. The number of carbonyl (C=O) groups is 1. The molecule has 1 fully saturated rings. The van der Waals surface area contributed by atoms with Crippen LogP contribution in [0.15, 0.2) is 24.3 Å². The fourth-order valence-electron chi connectivity index (χ4n) is 4.61. The van der Waals surface area contributed by atoms with Crippen molar-refractivity contribution in [1.29, 1.82) is 0 Å². The van der Waals surface area contributed by atoms with Gasteiger partial charge in [-0.15, -0.1) is 0 Å². The van der Waals surface area contributed by atoms with Gasteiger partial charge in [-0.3, -0.25) is 4.79 Å². The van der Waals surface area contributed by atoms with Crippen molar-refractivity contribution in [2.45, 2.75) is 52.0 Å². The van der Waals surface area contributed by atoms with Crippen LogP contribution in [0.25, 0.3) is 0 Å². The molecule has 6 nitrogen and oxygen atoms in total. The number of nitrogen functional groups attached to an aromatic ring is 1. The molecule has 1 saturated carbocycles. The molecule has 0 unspecified atom stereocenters. The Morgan fingerprint density at radius 1 is 1.20 bits per heavy atom. The number of ether oxygens (including phenoxy) is 1. The van der Waals surface area contributed by atoms with E-state index in [4.69, 9.17) is 10.5 Å². The summed E-state index contributed by atoms with van der Waals surface area (Å²) < 4.78 is 6.08. The molecule has 2 aromatic rings. The van der Waals surface area contributed by atoms with Crippen molar-refractivity contribution in [2.24, 2.45) is 5.92 Å². The van der Waals surface area contributed by atoms with Gasteiger partial charge in [-0.1, -0.05) is 31.4 Å². The van der Waals surface area contributed by atoms with Crippen molar-refractivity contribution >= 4 is 11.6 Å². The third-order valence-corrected chi connectivity index (χ3v) is 6.48. The molecule has 1 heterocycles. The average molecular weight is 411 g/mol. The van der Waals surface area contributed by atoms with Gasteiger partial charge in [0, 0.05) is 30.4 Å². The number of nitrogens with zero attached hydrogens (tertiary/aromatic N) is 1. The van der Waals surface area contributed by atoms with Crippen LogP contribution in [0, 0.1) is 12.8 Å². The van der Waals surface area contributed by atoms with Gasteiger partial charge in [0.15, 0.2) is 0 Å². The maximum atomic E-state index is 13.4. The Kier molecular flexibility index (Phi) is 5.75. The Bertz CT molecular complexity index is 951. The Balaban J connectivity index is 1.62. The number of carbonyl (C=O) groups excluding carboxylic acids is 1. The summed E-state index contributed by atoms with van der Waals surface area (Å²) in [5.41, 5.74) is 9.51. The number of rotatable bonds is 4. The van der Waals surface area contributed by atoms with Crippen molar-refractivity contribution in [2.75, 3.05) is 18.9 Å². The Hall–Kier alpha value is -2.89. The van der Waals surface area contributed by atoms with E-state index < -0.39 is 0 Å². The minimum Gasteiger partial charge on any atom is -0.507 e. The van der Waals surface area contributed by atoms with Gasteiger partial charge < -0.3 is 25.6 Å². The standard InChI is InChI=1S/C24H30N2O4/c1-15-20(27)12-21(28)22(23(15)30-14-16-6-3-2-4-7-16)24(29)26-11-10-17-8-5-9-19(25)18(17)13-26/h5,8-9,12,16,27-28H,2-4,6-7,10-11,13-14,25H2,1H3. The van der Waals surface area contributed by atoms with Crippen LogP contribution < -0.4 is 10.5 Å². The second-order valence-corrected chi connectivity index (χ2v) is 8.52. The summed E-state index contributed by atoms with van der Waals surface area (Å²) in [4.78, 5) is 15.1. The first-order valence-electron chi connectivity index (χ1n) is 10.8. The summed E-state index contributed by atoms with van der Waals surface area (Å²) in [6.45, 7) is 3.13. The molecule has 0 spiro atoms. The van der Waals surface area contributed by atoms with Crippen LogP contribution in [-0.4, -0.2) is 34.2 Å². The van der Waals surface area contributed by atoms with Gasteiger partial charge in [0.25, 0.3) is 5.91 Å². The van der Waals surface area contributed by atoms with Gasteiger partial charge in [0.05, 0.1) is 6.61 Å². The number of anilines is 1. The Labute approximate surface area is 177 Å². The van der Waals surface area contributed by atoms with Crippen molar-refractivity contribution in [3.05, 3.63) is 46.5 Å². The molecule has 0 bridgehead atoms. The number of phenolic OH excluding ortho intramolecular Hbond substituents is 2. The van der Waals surface area contributed by atoms with Gasteiger partial charge >= 0.3 is 0 Å². The normalized spacial score (nSPS) is 16.9. The first kappa shape index (κ1) is 20.4. The van der Waals surface area contributed by atoms with Crippen LogP contribution in [0.5, 0.6) is 17.2 Å². The van der Waals surface area contributed by atoms with E-state index in [-0.39, 0.29) is 28.7 Å². The van der Waals surface area contributed by atoms with Crippen LogP contribution in [-0.2, 0) is 13.0 Å². The van der Waals surface area contributed by atoms with Crippen molar-refractivity contribution in [3.8, 4) is 17.2 Å². The fraction of sp³-hybridized carbons (Fsp3) is 0.458. The summed E-state index contributed by atoms with van der Waals surface area (Å²) >= 11 is 0. The zero-order chi connectivity index (χ0) is 21.3. The van der Waals surface area contributed by atoms with Gasteiger partial charge in [-0.25, -0.2) is 0 Å². The maximum absolute atomic E-state index is 13.4. The van der Waals surface area contributed by atoms with E-state index in [0.29, 0.717) is 43.3 Å². The quantitative estimate of drug-likeness (QED) is 0.658. The first-order chi connectivity index (χ1) is 14.5. The Morgan fingerprint density at radius 2 is 1.97 bits per heavy atom. The fourth-order valence-corrected chi connectivity index (χ4v) is 4.61. The van der Waals surface area contributed by atoms with Crippen molar-refractivity contribution in [3.63, 3.8) is 0 Å². The molecule has 0 atom stereocenters. The van der Waals surface area contributed by atoms with Crippen molar-refractivity contribution < 1.29 is 19.7 Å². The molecule has 0 radical (unpaired) electrons. The molecule has 1 amide bonds. The lowest BCUT2D eigenvalue weighted by Crippen LogP contribution is -2.36. The smallest absolute Gasteiger partial charge is 0.261 e. The number of aromatic hydroxyl groups is 2. The molecule has 0 aromatic heterocycles. The SMILES string of the molecule is Cc1c(O)cc(O)c(C(=O)N2CCc3cccc(N)c3C2)c1OCC1CCCCC1. The highest BCUT2D eigenvalue weighted by atomic mass is 16.5. The molecule has 2 aromatic carbocycles. The molecule has 6 heteroatoms. The highest BCUT2D eigenvalue weighted by Crippen LogP contribution is 2.40. The van der Waals surface area contributed by atoms with E-state index in [1.54, 1.807) is 11.8 Å². The van der Waals surface area contributed by atoms with E-state index in [1.807, 2.05) is 18.2 Å². The Morgan fingerprint density at radius 3 is 2.73 bits per heavy atom. The number of hydrogen-bond acceptors (Lipinski definition) is 5. The summed E-state index contributed by atoms with van der Waals surface area (Å²) in [7, 11) is 0. The summed E-state index contributed by atoms with van der Waals surface area (Å²) in [5.74, 6) is 0.0924. The molecule has 0 saturated heterocycles. The largest absolute Gasteiger partial charge is 0.507 e. The van der Waals surface area contributed by atoms with Crippen LogP contribution in [0.3, 0.4) is 0 Å². The topological polar surface area (TPSA) is 96.0 Å². The summed E-state index contributed by atoms with van der Waals surface area (Å²) in [6, 6.07) is 7.03. The van der Waals surface area contributed by atoms with Crippen LogP contribution in [0.1, 0.15) is 59.2 Å². The number of fused-ring (bicyclic) bond motifs is 1. The van der Waals surface area contributed by atoms with E-state index >= 15 is 0 Å². The predicted octanol–water partition coefficient (Wildman–Crippen LogP) is 4.15. The molecular formula is C24H30N2O4. The van der Waals surface area contributed by atoms with E-state index in [2.05, 4.69) is 0 Å². The average Bonchev–Trinajstić information content (AvgIpc) is 2.75. The minimum absolute atomic E-state index is 0.0732. The van der Waals surface area contributed by atoms with E-state index in [9.17, 15) is 15.0 Å². The van der Waals surface area contributed by atoms with Gasteiger partial charge in [0.1, 0.15) is 22.8 Å². The number of benzene rings is 2. The molecular weight excluding hydrogens is 380 g/mol. The van der Waals surface area contributed by atoms with Crippen LogP contribution >= 0.6 is 0 Å². The zero-order valence-corrected chi connectivity index (χ0v) is 17.5. The summed E-state index contributed by atoms with van der Waals surface area (Å²) in [5, 5.41) is 20.8. The molecule has 1 aliphatic heterocycles. The monoisotopic (exact) mass is 410 g/mol. The number of amides is 1. The third-order valence-electron chi connectivity index (χ3n) is 6.48. The molecule has 160 valence electrons. The maximum Gasteiger partial charge on any atom is 0.261 e. The van der Waals surface area contributed by atoms with E-state index in [0.717, 1.165) is 24.0 Å². The number of hydrogen-bond donors (Lipinski definition) is 3. The molecule has 30 heavy (non-hydrogen) atoms. The van der Waals surface area contributed by atoms with Crippen LogP contribution in [0.4, 0.5) is 5.69 Å². The molecule has 4 N–H and O–H groups in total. The number of nitrogens with two attached hydrogens (primary N) is 1. The van der Waals surface area contributed by atoms with Gasteiger partial charge in [0.2, 0.25) is 0 Å².